The van der Waals surface area contributed by atoms with E-state index in [-0.39, 0.29) is 0 Å². The molecule has 2 aliphatic rings. The maximum atomic E-state index is 3.67. The molecular weight excluding hydrogens is 268 g/mol. The van der Waals surface area contributed by atoms with Crippen LogP contribution in [0, 0.1) is 0 Å². The Hall–Kier alpha value is -2.48. The smallest absolute Gasteiger partial charge is 0.0459 e. The Morgan fingerprint density at radius 2 is 1.09 bits per heavy atom. The van der Waals surface area contributed by atoms with Gasteiger partial charge in [0, 0.05) is 33.2 Å². The van der Waals surface area contributed by atoms with Crippen LogP contribution in [0.2, 0.25) is 0 Å². The SMILES string of the molecule is c1ccc2c3c([nH]c2c1)C[C@@H]1c2c([nH]c4ccccc24)C[C@H]31. The van der Waals surface area contributed by atoms with Gasteiger partial charge in [-0.3, -0.25) is 0 Å². The topological polar surface area (TPSA) is 31.6 Å². The molecule has 2 atom stereocenters. The van der Waals surface area contributed by atoms with E-state index in [1.165, 1.54) is 33.2 Å². The number of fused-ring (bicyclic) bond motifs is 9. The van der Waals surface area contributed by atoms with Gasteiger partial charge in [0.2, 0.25) is 0 Å². The molecule has 6 rings (SSSR count). The number of rotatable bonds is 0. The number of hydrogen-bond donors (Lipinski definition) is 2. The van der Waals surface area contributed by atoms with Crippen LogP contribution in [-0.4, -0.2) is 9.97 Å². The molecule has 2 aromatic carbocycles. The highest BCUT2D eigenvalue weighted by Gasteiger charge is 2.43. The van der Waals surface area contributed by atoms with Crippen LogP contribution < -0.4 is 0 Å². The highest BCUT2D eigenvalue weighted by atomic mass is 14.8. The Morgan fingerprint density at radius 3 is 1.59 bits per heavy atom. The first-order valence-corrected chi connectivity index (χ1v) is 8.09. The van der Waals surface area contributed by atoms with Crippen molar-refractivity contribution >= 4 is 21.8 Å². The number of nitrogens with one attached hydrogen (secondary N) is 2. The molecule has 2 aliphatic carbocycles. The largest absolute Gasteiger partial charge is 0.358 e. The summed E-state index contributed by atoms with van der Waals surface area (Å²) in [5.74, 6) is 1.30. The molecule has 2 heterocycles. The summed E-state index contributed by atoms with van der Waals surface area (Å²) in [4.78, 5) is 7.33. The van der Waals surface area contributed by atoms with Gasteiger partial charge in [-0.2, -0.15) is 0 Å². The number of hydrogen-bond acceptors (Lipinski definition) is 0. The van der Waals surface area contributed by atoms with Crippen LogP contribution >= 0.6 is 0 Å². The van der Waals surface area contributed by atoms with Crippen molar-refractivity contribution in [1.29, 1.82) is 0 Å². The molecule has 0 radical (unpaired) electrons. The van der Waals surface area contributed by atoms with Crippen molar-refractivity contribution in [1.82, 2.24) is 9.97 Å². The number of aromatic nitrogens is 2. The number of para-hydroxylation sites is 2. The van der Waals surface area contributed by atoms with Crippen molar-refractivity contribution in [3.05, 3.63) is 71.0 Å². The molecule has 0 spiro atoms. The Morgan fingerprint density at radius 1 is 0.636 bits per heavy atom. The van der Waals surface area contributed by atoms with Gasteiger partial charge in [0.25, 0.3) is 0 Å². The lowest BCUT2D eigenvalue weighted by Crippen LogP contribution is -2.00. The monoisotopic (exact) mass is 284 g/mol. The first-order valence-electron chi connectivity index (χ1n) is 8.09. The number of aromatic amines is 2. The molecule has 0 unspecified atom stereocenters. The number of benzene rings is 2. The average molecular weight is 284 g/mol. The summed E-state index contributed by atoms with van der Waals surface area (Å²) in [5, 5.41) is 2.86. The second-order valence-corrected chi connectivity index (χ2v) is 6.75. The van der Waals surface area contributed by atoms with E-state index in [1.807, 2.05) is 0 Å². The van der Waals surface area contributed by atoms with Gasteiger partial charge in [0.15, 0.2) is 0 Å². The molecular formula is C20H16N2. The lowest BCUT2D eigenvalue weighted by Gasteiger charge is -2.12. The third-order valence-corrected chi connectivity index (χ3v) is 5.73. The normalized spacial score (nSPS) is 22.2. The van der Waals surface area contributed by atoms with Gasteiger partial charge in [-0.15, -0.1) is 0 Å². The molecule has 2 N–H and O–H groups in total. The molecule has 0 bridgehead atoms. The second kappa shape index (κ2) is 3.64. The third kappa shape index (κ3) is 1.19. The number of H-pyrrole nitrogens is 2. The molecule has 0 saturated heterocycles. The van der Waals surface area contributed by atoms with Crippen LogP contribution in [0.25, 0.3) is 21.8 Å². The van der Waals surface area contributed by atoms with E-state index in [0.29, 0.717) is 11.8 Å². The molecule has 0 aliphatic heterocycles. The van der Waals surface area contributed by atoms with Crippen LogP contribution in [0.4, 0.5) is 0 Å². The Labute approximate surface area is 128 Å². The van der Waals surface area contributed by atoms with Crippen LogP contribution in [-0.2, 0) is 12.8 Å². The molecule has 0 saturated carbocycles. The van der Waals surface area contributed by atoms with Gasteiger partial charge in [0.1, 0.15) is 0 Å². The van der Waals surface area contributed by atoms with Crippen LogP contribution in [0.15, 0.2) is 48.5 Å². The fourth-order valence-electron chi connectivity index (χ4n) is 4.94. The maximum absolute atomic E-state index is 3.67. The fourth-order valence-corrected chi connectivity index (χ4v) is 4.94. The molecule has 2 aromatic heterocycles. The van der Waals surface area contributed by atoms with Crippen molar-refractivity contribution < 1.29 is 0 Å². The van der Waals surface area contributed by atoms with E-state index < -0.39 is 0 Å². The first kappa shape index (κ1) is 11.1. The second-order valence-electron chi connectivity index (χ2n) is 6.75. The van der Waals surface area contributed by atoms with E-state index in [1.54, 1.807) is 11.1 Å². The van der Waals surface area contributed by atoms with Crippen LogP contribution in [0.3, 0.4) is 0 Å². The van der Waals surface area contributed by atoms with Crippen LogP contribution in [0.5, 0.6) is 0 Å². The molecule has 106 valence electrons. The lowest BCUT2D eigenvalue weighted by molar-refractivity contribution is 0.633. The molecule has 4 aromatic rings. The lowest BCUT2D eigenvalue weighted by atomic mass is 9.90. The standard InChI is InChI=1S/C20H16N2/c1-3-7-15-11(5-1)19-13-9-18-20(14(13)10-17(19)21-15)12-6-2-4-8-16(12)22-18/h1-8,13-14,21-22H,9-10H2/t13-,14-/m0/s1. The quantitative estimate of drug-likeness (QED) is 0.472. The van der Waals surface area contributed by atoms with E-state index in [2.05, 4.69) is 58.5 Å². The van der Waals surface area contributed by atoms with Crippen LogP contribution in [0.1, 0.15) is 34.4 Å². The maximum Gasteiger partial charge on any atom is 0.0459 e. The van der Waals surface area contributed by atoms with Gasteiger partial charge in [0.05, 0.1) is 0 Å². The zero-order valence-electron chi connectivity index (χ0n) is 12.2. The molecule has 0 amide bonds. The van der Waals surface area contributed by atoms with E-state index in [0.717, 1.165) is 12.8 Å². The molecule has 2 nitrogen and oxygen atoms in total. The third-order valence-electron chi connectivity index (χ3n) is 5.73. The van der Waals surface area contributed by atoms with Crippen molar-refractivity contribution in [3.8, 4) is 0 Å². The van der Waals surface area contributed by atoms with Gasteiger partial charge in [-0.25, -0.2) is 0 Å². The van der Waals surface area contributed by atoms with Gasteiger partial charge in [-0.1, -0.05) is 36.4 Å². The summed E-state index contributed by atoms with van der Waals surface area (Å²) in [6, 6.07) is 17.5. The summed E-state index contributed by atoms with van der Waals surface area (Å²) in [5.41, 5.74) is 8.68. The highest BCUT2D eigenvalue weighted by Crippen LogP contribution is 2.55. The summed E-state index contributed by atoms with van der Waals surface area (Å²) < 4.78 is 0. The van der Waals surface area contributed by atoms with Crippen molar-refractivity contribution in [2.75, 3.05) is 0 Å². The zero-order chi connectivity index (χ0) is 14.3. The Kier molecular flexibility index (Phi) is 1.84. The van der Waals surface area contributed by atoms with E-state index >= 15 is 0 Å². The molecule has 22 heavy (non-hydrogen) atoms. The van der Waals surface area contributed by atoms with Crippen molar-refractivity contribution in [3.63, 3.8) is 0 Å². The Bertz CT molecular complexity index is 964. The van der Waals surface area contributed by atoms with Gasteiger partial charge in [-0.05, 0) is 47.9 Å². The Balaban J connectivity index is 1.59. The minimum atomic E-state index is 0.650. The van der Waals surface area contributed by atoms with Crippen molar-refractivity contribution in [2.45, 2.75) is 24.7 Å². The summed E-state index contributed by atoms with van der Waals surface area (Å²) in [6.07, 6.45) is 2.31. The summed E-state index contributed by atoms with van der Waals surface area (Å²) in [6.45, 7) is 0. The predicted octanol–water partition coefficient (Wildman–Crippen LogP) is 4.63. The van der Waals surface area contributed by atoms with Gasteiger partial charge < -0.3 is 9.97 Å². The van der Waals surface area contributed by atoms with Gasteiger partial charge >= 0.3 is 0 Å². The summed E-state index contributed by atoms with van der Waals surface area (Å²) >= 11 is 0. The van der Waals surface area contributed by atoms with E-state index in [4.69, 9.17) is 0 Å². The summed E-state index contributed by atoms with van der Waals surface area (Å²) in [7, 11) is 0. The fraction of sp³-hybridized carbons (Fsp3) is 0.200. The predicted molar refractivity (Wildman–Crippen MR) is 89.5 cm³/mol. The first-order chi connectivity index (χ1) is 10.9. The van der Waals surface area contributed by atoms with Crippen molar-refractivity contribution in [2.24, 2.45) is 0 Å². The highest BCUT2D eigenvalue weighted by molar-refractivity contribution is 5.90. The zero-order valence-corrected chi connectivity index (χ0v) is 12.2. The minimum Gasteiger partial charge on any atom is -0.358 e. The minimum absolute atomic E-state index is 0.650. The molecule has 2 heteroatoms. The molecule has 0 fully saturated rings. The average Bonchev–Trinajstić information content (AvgIpc) is 3.22. The van der Waals surface area contributed by atoms with E-state index in [9.17, 15) is 0 Å².